The van der Waals surface area contributed by atoms with Crippen LogP contribution in [0.3, 0.4) is 0 Å². The molecule has 3 aliphatic rings. The second-order valence-electron chi connectivity index (χ2n) is 18.3. The summed E-state index contributed by atoms with van der Waals surface area (Å²) in [4.78, 5) is 13.2. The normalized spacial score (nSPS) is 33.7. The van der Waals surface area contributed by atoms with Crippen LogP contribution in [0.5, 0.6) is 0 Å². The minimum absolute atomic E-state index is 0.238. The second kappa shape index (κ2) is 33.8. The maximum Gasteiger partial charge on any atom is 0.220 e. The van der Waals surface area contributed by atoms with Gasteiger partial charge in [0.05, 0.1) is 38.6 Å². The Balaban J connectivity index is 1.56. The van der Waals surface area contributed by atoms with Crippen molar-refractivity contribution in [3.8, 4) is 0 Å². The minimum Gasteiger partial charge on any atom is -0.394 e. The molecule has 0 aliphatic carbocycles. The van der Waals surface area contributed by atoms with E-state index < -0.39 is 124 Å². The quantitative estimate of drug-likeness (QED) is 0.0319. The van der Waals surface area contributed by atoms with Gasteiger partial charge in [-0.05, 0) is 25.7 Å². The van der Waals surface area contributed by atoms with Crippen molar-refractivity contribution in [3.63, 3.8) is 0 Å². The van der Waals surface area contributed by atoms with E-state index in [1.807, 2.05) is 6.08 Å². The monoisotopic (exact) mass is 966 g/mol. The van der Waals surface area contributed by atoms with Crippen LogP contribution in [-0.2, 0) is 33.2 Å². The van der Waals surface area contributed by atoms with E-state index in [-0.39, 0.29) is 18.9 Å². The summed E-state index contributed by atoms with van der Waals surface area (Å²) in [7, 11) is 0. The standard InChI is InChI=1S/C48H87NO18/c1-3-5-7-9-11-13-14-15-16-17-18-20-22-24-26-36(54)49-31(32(53)25-23-21-19-12-10-8-6-4-2)30-62-46-42(60)39(57)44(34(28-51)64-46)67-48-43(61)40(58)45(35(29-52)65-48)66-47-41(59)38(56)37(55)33(27-50)63-47/h10,12,23,25,31-35,37-48,50-53,55-61H,3-9,11,13-22,24,26-30H2,1-2H3,(H,49,54)/b12-10+,25-23+. The number of unbranched alkanes of at least 4 members (excludes halogenated alkanes) is 16. The number of aliphatic hydroxyl groups excluding tert-OH is 11. The molecule has 3 heterocycles. The SMILES string of the molecule is CCCC/C=C/CC/C=C/C(O)C(COC1OC(CO)C(OC2OC(CO)C(OC3OC(CO)C(O)C(O)C3O)C(O)C2O)C(O)C1O)NC(=O)CCCCCCCCCCCCCCCC. The molecule has 3 fully saturated rings. The van der Waals surface area contributed by atoms with Gasteiger partial charge in [-0.2, -0.15) is 0 Å². The molecule has 17 unspecified atom stereocenters. The molecule has 0 saturated carbocycles. The van der Waals surface area contributed by atoms with Crippen LogP contribution in [-0.4, -0.2) is 193 Å². The van der Waals surface area contributed by atoms with E-state index in [1.165, 1.54) is 64.2 Å². The van der Waals surface area contributed by atoms with E-state index in [2.05, 4.69) is 31.3 Å². The van der Waals surface area contributed by atoms with Gasteiger partial charge in [-0.3, -0.25) is 4.79 Å². The molecule has 0 aromatic carbocycles. The fraction of sp³-hybridized carbons (Fsp3) is 0.896. The molecule has 19 heteroatoms. The third-order valence-electron chi connectivity index (χ3n) is 12.8. The van der Waals surface area contributed by atoms with Crippen LogP contribution in [0.1, 0.15) is 142 Å². The van der Waals surface area contributed by atoms with Gasteiger partial charge >= 0.3 is 0 Å². The van der Waals surface area contributed by atoms with Crippen LogP contribution in [0.15, 0.2) is 24.3 Å². The number of hydrogen-bond acceptors (Lipinski definition) is 18. The summed E-state index contributed by atoms with van der Waals surface area (Å²) in [5.74, 6) is -0.291. The predicted molar refractivity (Wildman–Crippen MR) is 245 cm³/mol. The zero-order chi connectivity index (χ0) is 49.1. The van der Waals surface area contributed by atoms with E-state index in [0.29, 0.717) is 12.8 Å². The van der Waals surface area contributed by atoms with Gasteiger partial charge in [-0.25, -0.2) is 0 Å². The summed E-state index contributed by atoms with van der Waals surface area (Å²) in [6, 6.07) is -0.981. The van der Waals surface area contributed by atoms with E-state index in [1.54, 1.807) is 6.08 Å². The third-order valence-corrected chi connectivity index (χ3v) is 12.8. The Morgan fingerprint density at radius 3 is 1.48 bits per heavy atom. The molecule has 12 N–H and O–H groups in total. The molecule has 0 bridgehead atoms. The van der Waals surface area contributed by atoms with Crippen LogP contribution < -0.4 is 5.32 Å². The van der Waals surface area contributed by atoms with E-state index in [0.717, 1.165) is 44.9 Å². The Bertz CT molecular complexity index is 1340. The Kier molecular flexibility index (Phi) is 30.0. The van der Waals surface area contributed by atoms with Crippen molar-refractivity contribution in [2.45, 2.75) is 247 Å². The fourth-order valence-electron chi connectivity index (χ4n) is 8.48. The Morgan fingerprint density at radius 1 is 0.522 bits per heavy atom. The molecule has 3 rings (SSSR count). The molecule has 1 amide bonds. The molecular formula is C48H87NO18. The average Bonchev–Trinajstić information content (AvgIpc) is 3.32. The number of hydrogen-bond donors (Lipinski definition) is 12. The lowest BCUT2D eigenvalue weighted by atomic mass is 9.96. The largest absolute Gasteiger partial charge is 0.394 e. The molecule has 0 radical (unpaired) electrons. The predicted octanol–water partition coefficient (Wildman–Crippen LogP) is 1.25. The zero-order valence-electron chi connectivity index (χ0n) is 39.9. The van der Waals surface area contributed by atoms with Gasteiger partial charge in [-0.1, -0.05) is 134 Å². The topological polar surface area (TPSA) is 307 Å². The highest BCUT2D eigenvalue weighted by Gasteiger charge is 2.53. The third kappa shape index (κ3) is 20.1. The molecule has 67 heavy (non-hydrogen) atoms. The van der Waals surface area contributed by atoms with Gasteiger partial charge in [0.25, 0.3) is 0 Å². The van der Waals surface area contributed by atoms with Crippen LogP contribution in [0, 0.1) is 0 Å². The minimum atomic E-state index is -1.98. The average molecular weight is 966 g/mol. The van der Waals surface area contributed by atoms with Crippen LogP contribution in [0.2, 0.25) is 0 Å². The van der Waals surface area contributed by atoms with Crippen LogP contribution in [0.25, 0.3) is 0 Å². The molecule has 0 aromatic heterocycles. The first-order chi connectivity index (χ1) is 32.3. The lowest BCUT2D eigenvalue weighted by molar-refractivity contribution is -0.379. The molecule has 3 saturated heterocycles. The number of rotatable bonds is 34. The summed E-state index contributed by atoms with van der Waals surface area (Å²) in [5.41, 5.74) is 0. The lowest BCUT2D eigenvalue weighted by Gasteiger charge is -2.48. The summed E-state index contributed by atoms with van der Waals surface area (Å²) < 4.78 is 34.0. The van der Waals surface area contributed by atoms with Gasteiger partial charge < -0.3 is 89.9 Å². The van der Waals surface area contributed by atoms with Gasteiger partial charge in [0, 0.05) is 6.42 Å². The van der Waals surface area contributed by atoms with Crippen LogP contribution >= 0.6 is 0 Å². The molecule has 19 nitrogen and oxygen atoms in total. The van der Waals surface area contributed by atoms with Crippen molar-refractivity contribution in [2.24, 2.45) is 0 Å². The summed E-state index contributed by atoms with van der Waals surface area (Å²) in [6.45, 7) is 1.58. The van der Waals surface area contributed by atoms with Crippen molar-refractivity contribution < 1.29 is 89.4 Å². The molecule has 392 valence electrons. The number of carbonyl (C=O) groups excluding carboxylic acids is 1. The van der Waals surface area contributed by atoms with Crippen molar-refractivity contribution in [3.05, 3.63) is 24.3 Å². The van der Waals surface area contributed by atoms with Gasteiger partial charge in [0.15, 0.2) is 18.9 Å². The van der Waals surface area contributed by atoms with Crippen molar-refractivity contribution in [2.75, 3.05) is 26.4 Å². The molecule has 0 spiro atoms. The van der Waals surface area contributed by atoms with Gasteiger partial charge in [-0.15, -0.1) is 0 Å². The van der Waals surface area contributed by atoms with E-state index in [4.69, 9.17) is 28.4 Å². The number of ether oxygens (including phenoxy) is 6. The highest BCUT2D eigenvalue weighted by Crippen LogP contribution is 2.33. The summed E-state index contributed by atoms with van der Waals surface area (Å²) in [6.07, 6.45) is 2.18. The highest BCUT2D eigenvalue weighted by molar-refractivity contribution is 5.76. The van der Waals surface area contributed by atoms with Gasteiger partial charge in [0.1, 0.15) is 73.2 Å². The van der Waals surface area contributed by atoms with E-state index in [9.17, 15) is 61.0 Å². The molecule has 0 aromatic rings. The first-order valence-electron chi connectivity index (χ1n) is 25.1. The molecule has 17 atom stereocenters. The number of carbonyl (C=O) groups is 1. The summed E-state index contributed by atoms with van der Waals surface area (Å²) >= 11 is 0. The molecular weight excluding hydrogens is 879 g/mol. The van der Waals surface area contributed by atoms with Crippen molar-refractivity contribution in [1.29, 1.82) is 0 Å². The van der Waals surface area contributed by atoms with Crippen molar-refractivity contribution >= 4 is 5.91 Å². The zero-order valence-corrected chi connectivity index (χ0v) is 39.9. The first-order valence-corrected chi connectivity index (χ1v) is 25.1. The van der Waals surface area contributed by atoms with Gasteiger partial charge in [0.2, 0.25) is 5.91 Å². The Hall–Kier alpha value is -1.73. The van der Waals surface area contributed by atoms with Crippen LogP contribution in [0.4, 0.5) is 0 Å². The number of aliphatic hydroxyl groups is 11. The Morgan fingerprint density at radius 2 is 0.955 bits per heavy atom. The Labute approximate surface area is 397 Å². The van der Waals surface area contributed by atoms with Crippen molar-refractivity contribution in [1.82, 2.24) is 5.32 Å². The number of nitrogens with one attached hydrogen (secondary N) is 1. The lowest BCUT2D eigenvalue weighted by Crippen LogP contribution is -2.66. The van der Waals surface area contributed by atoms with E-state index >= 15 is 0 Å². The maximum atomic E-state index is 13.2. The molecule has 3 aliphatic heterocycles. The smallest absolute Gasteiger partial charge is 0.220 e. The second-order valence-corrected chi connectivity index (χ2v) is 18.3. The first kappa shape index (κ1) is 59.6. The number of amides is 1. The fourth-order valence-corrected chi connectivity index (χ4v) is 8.48. The maximum absolute atomic E-state index is 13.2. The highest BCUT2D eigenvalue weighted by atomic mass is 16.8. The number of allylic oxidation sites excluding steroid dienone is 3. The summed E-state index contributed by atoms with van der Waals surface area (Å²) in [5, 5.41) is 119.